The molecule has 0 bridgehead atoms. The number of urea groups is 1. The number of aliphatic hydroxyl groups excluding tert-OH is 1. The summed E-state index contributed by atoms with van der Waals surface area (Å²) in [6.07, 6.45) is -1.03. The van der Waals surface area contributed by atoms with Gasteiger partial charge in [0.1, 0.15) is 30.0 Å². The number of aliphatic hydroxyl groups is 1. The van der Waals surface area contributed by atoms with Crippen molar-refractivity contribution in [1.29, 1.82) is 0 Å². The van der Waals surface area contributed by atoms with Gasteiger partial charge in [-0.3, -0.25) is 9.69 Å². The van der Waals surface area contributed by atoms with E-state index >= 15 is 0 Å². The van der Waals surface area contributed by atoms with Crippen molar-refractivity contribution in [1.82, 2.24) is 10.2 Å². The zero-order valence-corrected chi connectivity index (χ0v) is 17.5. The van der Waals surface area contributed by atoms with E-state index in [-0.39, 0.29) is 18.6 Å². The first-order valence-corrected chi connectivity index (χ1v) is 9.64. The minimum absolute atomic E-state index is 0.0409. The summed E-state index contributed by atoms with van der Waals surface area (Å²) in [5.74, 6) is 1.21. The molecule has 2 atom stereocenters. The molecule has 0 saturated carbocycles. The first-order chi connectivity index (χ1) is 13.5. The number of carbonyl (C=O) groups is 2. The van der Waals surface area contributed by atoms with Crippen molar-refractivity contribution < 1.29 is 23.8 Å². The standard InChI is InChI=1S/C22H28N2O5/c1-14-10-11-18(29-14)22(5)19(26)24(20(27)23-22)12-15(25)13-28-17-9-7-6-8-16(17)21(2,3)4/h6-11,15,25H,12-13H2,1-5H3,(H,23,27). The third kappa shape index (κ3) is 4.15. The molecule has 2 heterocycles. The summed E-state index contributed by atoms with van der Waals surface area (Å²) in [5.41, 5.74) is -0.386. The van der Waals surface area contributed by atoms with Gasteiger partial charge in [0.25, 0.3) is 5.91 Å². The Bertz CT molecular complexity index is 914. The quantitative estimate of drug-likeness (QED) is 0.727. The lowest BCUT2D eigenvalue weighted by atomic mass is 9.86. The molecule has 1 aliphatic rings. The molecule has 1 aromatic heterocycles. The Kier molecular flexibility index (Phi) is 5.45. The van der Waals surface area contributed by atoms with Crippen LogP contribution >= 0.6 is 0 Å². The van der Waals surface area contributed by atoms with Crippen LogP contribution in [-0.4, -0.2) is 41.2 Å². The summed E-state index contributed by atoms with van der Waals surface area (Å²) < 4.78 is 11.4. The van der Waals surface area contributed by atoms with Crippen molar-refractivity contribution >= 4 is 11.9 Å². The Labute approximate surface area is 170 Å². The van der Waals surface area contributed by atoms with E-state index in [0.29, 0.717) is 17.3 Å². The largest absolute Gasteiger partial charge is 0.491 e. The minimum Gasteiger partial charge on any atom is -0.491 e. The van der Waals surface area contributed by atoms with E-state index < -0.39 is 23.6 Å². The van der Waals surface area contributed by atoms with Crippen LogP contribution in [0, 0.1) is 6.92 Å². The summed E-state index contributed by atoms with van der Waals surface area (Å²) in [6.45, 7) is 9.39. The number of ether oxygens (including phenoxy) is 1. The molecule has 0 radical (unpaired) electrons. The van der Waals surface area contributed by atoms with Crippen molar-refractivity contribution in [3.63, 3.8) is 0 Å². The van der Waals surface area contributed by atoms with E-state index in [2.05, 4.69) is 26.1 Å². The summed E-state index contributed by atoms with van der Waals surface area (Å²) in [7, 11) is 0. The SMILES string of the molecule is Cc1ccc(C2(C)NC(=O)N(CC(O)COc3ccccc3C(C)(C)C)C2=O)o1. The van der Waals surface area contributed by atoms with Gasteiger partial charge in [-0.15, -0.1) is 0 Å². The van der Waals surface area contributed by atoms with E-state index in [1.165, 1.54) is 0 Å². The van der Waals surface area contributed by atoms with Crippen molar-refractivity contribution in [2.45, 2.75) is 51.7 Å². The van der Waals surface area contributed by atoms with E-state index in [0.717, 1.165) is 10.5 Å². The highest BCUT2D eigenvalue weighted by Crippen LogP contribution is 2.32. The van der Waals surface area contributed by atoms with E-state index in [1.807, 2.05) is 24.3 Å². The van der Waals surface area contributed by atoms with Gasteiger partial charge in [-0.2, -0.15) is 0 Å². The van der Waals surface area contributed by atoms with Crippen molar-refractivity contribution in [2.75, 3.05) is 13.2 Å². The Hall–Kier alpha value is -2.80. The molecule has 156 valence electrons. The second-order valence-electron chi connectivity index (χ2n) is 8.59. The number of para-hydroxylation sites is 1. The fourth-order valence-electron chi connectivity index (χ4n) is 3.39. The highest BCUT2D eigenvalue weighted by atomic mass is 16.5. The number of aryl methyl sites for hydroxylation is 1. The molecule has 2 unspecified atom stereocenters. The molecule has 3 rings (SSSR count). The van der Waals surface area contributed by atoms with Gasteiger partial charge in [-0.25, -0.2) is 4.79 Å². The summed E-state index contributed by atoms with van der Waals surface area (Å²) in [5, 5.41) is 13.1. The molecule has 1 aromatic carbocycles. The number of nitrogens with one attached hydrogen (secondary N) is 1. The van der Waals surface area contributed by atoms with Crippen LogP contribution in [0.2, 0.25) is 0 Å². The van der Waals surface area contributed by atoms with Gasteiger partial charge in [-0.1, -0.05) is 39.0 Å². The summed E-state index contributed by atoms with van der Waals surface area (Å²) >= 11 is 0. The van der Waals surface area contributed by atoms with Crippen molar-refractivity contribution in [3.8, 4) is 5.75 Å². The van der Waals surface area contributed by atoms with Crippen LogP contribution in [0.4, 0.5) is 4.79 Å². The van der Waals surface area contributed by atoms with Crippen LogP contribution in [0.3, 0.4) is 0 Å². The lowest BCUT2D eigenvalue weighted by Gasteiger charge is -2.24. The number of benzene rings is 1. The highest BCUT2D eigenvalue weighted by molar-refractivity contribution is 6.06. The maximum Gasteiger partial charge on any atom is 0.325 e. The monoisotopic (exact) mass is 400 g/mol. The van der Waals surface area contributed by atoms with Crippen LogP contribution in [-0.2, 0) is 15.7 Å². The maximum atomic E-state index is 12.9. The second-order valence-corrected chi connectivity index (χ2v) is 8.59. The summed E-state index contributed by atoms with van der Waals surface area (Å²) in [6, 6.07) is 10.5. The fraction of sp³-hybridized carbons (Fsp3) is 0.455. The normalized spacial score (nSPS) is 20.7. The van der Waals surface area contributed by atoms with Gasteiger partial charge in [0.05, 0.1) is 6.54 Å². The smallest absolute Gasteiger partial charge is 0.325 e. The van der Waals surface area contributed by atoms with Crippen LogP contribution in [0.25, 0.3) is 0 Å². The number of β-amino-alcohol motifs (C(OH)–C–C–N with tert-alkyl or cyclic N) is 1. The Morgan fingerprint density at radius 1 is 1.21 bits per heavy atom. The third-order valence-corrected chi connectivity index (χ3v) is 5.03. The average Bonchev–Trinajstić information content (AvgIpc) is 3.17. The molecule has 7 heteroatoms. The number of imide groups is 1. The van der Waals surface area contributed by atoms with Crippen LogP contribution in [0.1, 0.15) is 44.8 Å². The number of furan rings is 1. The molecule has 1 fully saturated rings. The van der Waals surface area contributed by atoms with Crippen molar-refractivity contribution in [3.05, 3.63) is 53.5 Å². The zero-order chi connectivity index (χ0) is 21.4. The van der Waals surface area contributed by atoms with Crippen LogP contribution < -0.4 is 10.1 Å². The fourth-order valence-corrected chi connectivity index (χ4v) is 3.39. The predicted octanol–water partition coefficient (Wildman–Crippen LogP) is 3.09. The molecule has 3 amide bonds. The summed E-state index contributed by atoms with van der Waals surface area (Å²) in [4.78, 5) is 26.3. The number of carbonyl (C=O) groups excluding carboxylic acids is 2. The number of nitrogens with zero attached hydrogens (tertiary/aromatic N) is 1. The second kappa shape index (κ2) is 7.55. The Balaban J connectivity index is 1.67. The lowest BCUT2D eigenvalue weighted by molar-refractivity contribution is -0.132. The zero-order valence-electron chi connectivity index (χ0n) is 17.5. The first kappa shape index (κ1) is 20.9. The molecule has 2 aromatic rings. The molecule has 0 spiro atoms. The van der Waals surface area contributed by atoms with Gasteiger partial charge < -0.3 is 19.6 Å². The predicted molar refractivity (Wildman–Crippen MR) is 108 cm³/mol. The first-order valence-electron chi connectivity index (χ1n) is 9.64. The topological polar surface area (TPSA) is 92.0 Å². The van der Waals surface area contributed by atoms with Gasteiger partial charge in [0.2, 0.25) is 0 Å². The molecule has 1 saturated heterocycles. The number of amides is 3. The third-order valence-electron chi connectivity index (χ3n) is 5.03. The van der Waals surface area contributed by atoms with Gasteiger partial charge >= 0.3 is 6.03 Å². The minimum atomic E-state index is -1.29. The Morgan fingerprint density at radius 3 is 2.52 bits per heavy atom. The molecule has 2 N–H and O–H groups in total. The molecular formula is C22H28N2O5. The van der Waals surface area contributed by atoms with Gasteiger partial charge in [0, 0.05) is 0 Å². The average molecular weight is 400 g/mol. The molecule has 0 aliphatic carbocycles. The number of hydrogen-bond acceptors (Lipinski definition) is 5. The van der Waals surface area contributed by atoms with Crippen molar-refractivity contribution in [2.24, 2.45) is 0 Å². The van der Waals surface area contributed by atoms with E-state index in [9.17, 15) is 14.7 Å². The van der Waals surface area contributed by atoms with Crippen LogP contribution in [0.15, 0.2) is 40.8 Å². The molecule has 29 heavy (non-hydrogen) atoms. The Morgan fingerprint density at radius 2 is 1.90 bits per heavy atom. The molecule has 7 nitrogen and oxygen atoms in total. The van der Waals surface area contributed by atoms with Crippen LogP contribution in [0.5, 0.6) is 5.75 Å². The number of rotatable bonds is 6. The molecule has 1 aliphatic heterocycles. The maximum absolute atomic E-state index is 12.9. The van der Waals surface area contributed by atoms with E-state index in [4.69, 9.17) is 9.15 Å². The molecular weight excluding hydrogens is 372 g/mol. The highest BCUT2D eigenvalue weighted by Gasteiger charge is 2.51. The number of hydrogen-bond donors (Lipinski definition) is 2. The van der Waals surface area contributed by atoms with Gasteiger partial charge in [0.15, 0.2) is 5.54 Å². The van der Waals surface area contributed by atoms with E-state index in [1.54, 1.807) is 26.0 Å². The lowest BCUT2D eigenvalue weighted by Crippen LogP contribution is -2.42. The van der Waals surface area contributed by atoms with Gasteiger partial charge in [-0.05, 0) is 43.0 Å².